The number of aromatic nitrogens is 2. The molecule has 1 N–H and O–H groups in total. The minimum absolute atomic E-state index is 0.0715. The summed E-state index contributed by atoms with van der Waals surface area (Å²) in [5.41, 5.74) is 0.720. The van der Waals surface area contributed by atoms with Crippen molar-refractivity contribution < 1.29 is 5.11 Å². The molecule has 0 spiro atoms. The average Bonchev–Trinajstić information content (AvgIpc) is 3.17. The highest BCUT2D eigenvalue weighted by atomic mass is 16.3. The molecule has 1 unspecified atom stereocenters. The molecule has 1 aliphatic rings. The summed E-state index contributed by atoms with van der Waals surface area (Å²) in [5, 5.41) is 14.7. The number of hydrogen-bond acceptors (Lipinski definition) is 3. The van der Waals surface area contributed by atoms with Crippen LogP contribution in [0, 0.1) is 5.92 Å². The number of rotatable bonds is 3. The van der Waals surface area contributed by atoms with Gasteiger partial charge < -0.3 is 5.11 Å². The van der Waals surface area contributed by atoms with E-state index in [0.717, 1.165) is 18.4 Å². The van der Waals surface area contributed by atoms with E-state index < -0.39 is 0 Å². The van der Waals surface area contributed by atoms with Crippen LogP contribution in [0.1, 0.15) is 12.8 Å². The second-order valence-electron chi connectivity index (χ2n) is 4.61. The predicted molar refractivity (Wildman–Crippen MR) is 64.7 cm³/mol. The number of aliphatic hydroxyl groups excluding tert-OH is 1. The summed E-state index contributed by atoms with van der Waals surface area (Å²) in [7, 11) is 0. The van der Waals surface area contributed by atoms with Crippen LogP contribution in [0.5, 0.6) is 0 Å². The molecule has 0 saturated heterocycles. The van der Waals surface area contributed by atoms with Gasteiger partial charge in [-0.3, -0.25) is 9.48 Å². The molecular weight excluding hydrogens is 216 g/mol. The number of aliphatic hydroxyl groups is 1. The zero-order valence-corrected chi connectivity index (χ0v) is 9.41. The van der Waals surface area contributed by atoms with Gasteiger partial charge in [-0.2, -0.15) is 5.10 Å². The van der Waals surface area contributed by atoms with Gasteiger partial charge in [0.2, 0.25) is 5.43 Å². The van der Waals surface area contributed by atoms with E-state index in [1.54, 1.807) is 10.7 Å². The van der Waals surface area contributed by atoms with Crippen molar-refractivity contribution in [3.8, 4) is 0 Å². The topological polar surface area (TPSA) is 55.1 Å². The first-order valence-electron chi connectivity index (χ1n) is 5.88. The van der Waals surface area contributed by atoms with Crippen LogP contribution < -0.4 is 5.43 Å². The van der Waals surface area contributed by atoms with Gasteiger partial charge in [-0.1, -0.05) is 12.1 Å². The lowest BCUT2D eigenvalue weighted by atomic mass is 10.2. The van der Waals surface area contributed by atoms with Crippen molar-refractivity contribution in [2.24, 2.45) is 5.92 Å². The summed E-state index contributed by atoms with van der Waals surface area (Å²) in [5.74, 6) is 0.412. The van der Waals surface area contributed by atoms with Crippen molar-refractivity contribution in [2.75, 3.05) is 0 Å². The summed E-state index contributed by atoms with van der Waals surface area (Å²) in [6.07, 6.45) is 3.16. The Labute approximate surface area is 98.5 Å². The van der Waals surface area contributed by atoms with Gasteiger partial charge in [0.15, 0.2) is 0 Å². The fraction of sp³-hybridized carbons (Fsp3) is 0.385. The van der Waals surface area contributed by atoms with Crippen LogP contribution in [0.25, 0.3) is 10.9 Å². The molecule has 1 fully saturated rings. The number of hydrogen-bond donors (Lipinski definition) is 1. The zero-order valence-electron chi connectivity index (χ0n) is 9.41. The highest BCUT2D eigenvalue weighted by Crippen LogP contribution is 2.33. The van der Waals surface area contributed by atoms with Crippen LogP contribution in [-0.4, -0.2) is 21.0 Å². The maximum atomic E-state index is 11.6. The molecule has 0 bridgehead atoms. The van der Waals surface area contributed by atoms with Crippen molar-refractivity contribution in [2.45, 2.75) is 25.5 Å². The predicted octanol–water partition coefficient (Wildman–Crippen LogP) is 1.17. The van der Waals surface area contributed by atoms with Crippen LogP contribution in [-0.2, 0) is 6.54 Å². The lowest BCUT2D eigenvalue weighted by molar-refractivity contribution is 0.128. The Morgan fingerprint density at radius 3 is 2.94 bits per heavy atom. The minimum atomic E-state index is -0.353. The first kappa shape index (κ1) is 10.5. The monoisotopic (exact) mass is 230 g/mol. The Morgan fingerprint density at radius 2 is 2.18 bits per heavy atom. The molecule has 0 amide bonds. The molecule has 0 radical (unpaired) electrons. The van der Waals surface area contributed by atoms with Gasteiger partial charge in [0.25, 0.3) is 0 Å². The smallest absolute Gasteiger partial charge is 0.207 e. The van der Waals surface area contributed by atoms with Gasteiger partial charge in [0, 0.05) is 5.39 Å². The number of fused-ring (bicyclic) bond motifs is 1. The average molecular weight is 230 g/mol. The molecular formula is C13H14N2O2. The van der Waals surface area contributed by atoms with E-state index in [1.807, 2.05) is 18.2 Å². The minimum Gasteiger partial charge on any atom is -0.391 e. The lowest BCUT2D eigenvalue weighted by Crippen LogP contribution is -2.22. The quantitative estimate of drug-likeness (QED) is 0.861. The van der Waals surface area contributed by atoms with Gasteiger partial charge in [-0.05, 0) is 30.9 Å². The van der Waals surface area contributed by atoms with E-state index in [4.69, 9.17) is 0 Å². The Balaban J connectivity index is 2.04. The van der Waals surface area contributed by atoms with E-state index in [1.165, 1.54) is 6.20 Å². The van der Waals surface area contributed by atoms with E-state index in [9.17, 15) is 9.90 Å². The molecule has 1 aromatic heterocycles. The summed E-state index contributed by atoms with van der Waals surface area (Å²) < 4.78 is 1.72. The summed E-state index contributed by atoms with van der Waals surface area (Å²) in [4.78, 5) is 11.6. The van der Waals surface area contributed by atoms with Crippen molar-refractivity contribution in [1.82, 2.24) is 9.78 Å². The number of nitrogens with zero attached hydrogens (tertiary/aromatic N) is 2. The van der Waals surface area contributed by atoms with E-state index in [-0.39, 0.29) is 11.5 Å². The molecule has 17 heavy (non-hydrogen) atoms. The number of para-hydroxylation sites is 1. The molecule has 1 heterocycles. The molecule has 88 valence electrons. The fourth-order valence-corrected chi connectivity index (χ4v) is 2.11. The molecule has 2 aromatic rings. The van der Waals surface area contributed by atoms with Gasteiger partial charge in [0.05, 0.1) is 24.4 Å². The highest BCUT2D eigenvalue weighted by Gasteiger charge is 2.30. The molecule has 1 atom stereocenters. The largest absolute Gasteiger partial charge is 0.391 e. The third-order valence-corrected chi connectivity index (χ3v) is 3.29. The Morgan fingerprint density at radius 1 is 1.41 bits per heavy atom. The third-order valence-electron chi connectivity index (χ3n) is 3.29. The molecule has 1 aliphatic carbocycles. The van der Waals surface area contributed by atoms with Crippen LogP contribution >= 0.6 is 0 Å². The molecule has 1 aromatic carbocycles. The normalized spacial score (nSPS) is 17.2. The van der Waals surface area contributed by atoms with Gasteiger partial charge in [0.1, 0.15) is 0 Å². The van der Waals surface area contributed by atoms with E-state index >= 15 is 0 Å². The maximum Gasteiger partial charge on any atom is 0.207 e. The van der Waals surface area contributed by atoms with Crippen molar-refractivity contribution in [3.05, 3.63) is 40.7 Å². The van der Waals surface area contributed by atoms with Crippen molar-refractivity contribution >= 4 is 10.9 Å². The van der Waals surface area contributed by atoms with Gasteiger partial charge >= 0.3 is 0 Å². The molecule has 4 nitrogen and oxygen atoms in total. The van der Waals surface area contributed by atoms with Crippen LogP contribution in [0.2, 0.25) is 0 Å². The Bertz CT molecular complexity index is 602. The molecule has 1 saturated carbocycles. The lowest BCUT2D eigenvalue weighted by Gasteiger charge is -2.13. The third kappa shape index (κ3) is 1.96. The van der Waals surface area contributed by atoms with Gasteiger partial charge in [-0.15, -0.1) is 0 Å². The number of benzene rings is 1. The molecule has 4 heteroatoms. The first-order chi connectivity index (χ1) is 8.25. The molecule has 3 rings (SSSR count). The van der Waals surface area contributed by atoms with Crippen molar-refractivity contribution in [3.63, 3.8) is 0 Å². The summed E-state index contributed by atoms with van der Waals surface area (Å²) in [6.45, 7) is 0.464. The van der Waals surface area contributed by atoms with E-state index in [0.29, 0.717) is 17.8 Å². The van der Waals surface area contributed by atoms with Crippen LogP contribution in [0.4, 0.5) is 0 Å². The maximum absolute atomic E-state index is 11.6. The first-order valence-corrected chi connectivity index (χ1v) is 5.88. The van der Waals surface area contributed by atoms with Crippen molar-refractivity contribution in [1.29, 1.82) is 0 Å². The second-order valence-corrected chi connectivity index (χ2v) is 4.61. The summed E-state index contributed by atoms with van der Waals surface area (Å²) >= 11 is 0. The SMILES string of the molecule is O=c1cnn(CC(O)C2CC2)c2ccccc12. The highest BCUT2D eigenvalue weighted by molar-refractivity contribution is 5.77. The fourth-order valence-electron chi connectivity index (χ4n) is 2.11. The standard InChI is InChI=1S/C13H14N2O2/c16-12-7-14-15(8-13(17)9-5-6-9)11-4-2-1-3-10(11)12/h1-4,7,9,13,17H,5-6,8H2. The van der Waals surface area contributed by atoms with Crippen LogP contribution in [0.15, 0.2) is 35.3 Å². The van der Waals surface area contributed by atoms with E-state index in [2.05, 4.69) is 5.10 Å². The second kappa shape index (κ2) is 3.96. The molecule has 0 aliphatic heterocycles. The Hall–Kier alpha value is -1.68. The zero-order chi connectivity index (χ0) is 11.8. The summed E-state index contributed by atoms with van der Waals surface area (Å²) in [6, 6.07) is 7.37. The van der Waals surface area contributed by atoms with Gasteiger partial charge in [-0.25, -0.2) is 0 Å². The van der Waals surface area contributed by atoms with Crippen LogP contribution in [0.3, 0.4) is 0 Å². The Kier molecular flexibility index (Phi) is 2.44.